The van der Waals surface area contributed by atoms with Gasteiger partial charge < -0.3 is 20.6 Å². The van der Waals surface area contributed by atoms with E-state index < -0.39 is 24.5 Å². The Morgan fingerprint density at radius 2 is 1.70 bits per heavy atom. The van der Waals surface area contributed by atoms with Gasteiger partial charge in [-0.1, -0.05) is 0 Å². The van der Waals surface area contributed by atoms with Crippen LogP contribution in [0.4, 0.5) is 4.79 Å². The minimum absolute atomic E-state index is 0.169. The number of aliphatic carboxylic acids is 1. The predicted octanol–water partition coefficient (Wildman–Crippen LogP) is -0.997. The zero-order chi connectivity index (χ0) is 15.4. The van der Waals surface area contributed by atoms with Gasteiger partial charge in [0.2, 0.25) is 5.91 Å². The van der Waals surface area contributed by atoms with E-state index in [0.717, 1.165) is 4.90 Å². The van der Waals surface area contributed by atoms with Crippen LogP contribution in [0.1, 0.15) is 13.8 Å². The Bertz CT molecular complexity index is 373. The zero-order valence-electron chi connectivity index (χ0n) is 12.1. The Morgan fingerprint density at radius 3 is 2.10 bits per heavy atom. The molecule has 0 aromatic carbocycles. The van der Waals surface area contributed by atoms with Gasteiger partial charge in [0.15, 0.2) is 0 Å². The molecule has 1 heterocycles. The molecule has 3 N–H and O–H groups in total. The molecule has 1 rings (SSSR count). The summed E-state index contributed by atoms with van der Waals surface area (Å²) < 4.78 is 0. The fourth-order valence-corrected chi connectivity index (χ4v) is 2.30. The highest BCUT2D eigenvalue weighted by Crippen LogP contribution is 2.15. The minimum atomic E-state index is -1.17. The number of nitrogens with two attached hydrogens (primary N) is 1. The molecule has 1 saturated heterocycles. The summed E-state index contributed by atoms with van der Waals surface area (Å²) in [5, 5.41) is 8.82. The molecule has 20 heavy (non-hydrogen) atoms. The summed E-state index contributed by atoms with van der Waals surface area (Å²) in [6, 6.07) is -0.121. The molecule has 1 fully saturated rings. The zero-order valence-corrected chi connectivity index (χ0v) is 12.1. The van der Waals surface area contributed by atoms with Crippen LogP contribution >= 0.6 is 0 Å². The van der Waals surface area contributed by atoms with Gasteiger partial charge in [-0.2, -0.15) is 0 Å². The second-order valence-corrected chi connectivity index (χ2v) is 5.27. The first-order valence-electron chi connectivity index (χ1n) is 6.48. The maximum atomic E-state index is 12.3. The number of carboxylic acid groups (broad SMARTS) is 1. The lowest BCUT2D eigenvalue weighted by Crippen LogP contribution is -2.59. The van der Waals surface area contributed by atoms with Gasteiger partial charge in [0.05, 0.1) is 0 Å². The number of amides is 3. The molecule has 8 heteroatoms. The van der Waals surface area contributed by atoms with E-state index in [4.69, 9.17) is 10.8 Å². The van der Waals surface area contributed by atoms with Crippen LogP contribution in [0.5, 0.6) is 0 Å². The van der Waals surface area contributed by atoms with Crippen LogP contribution in [0.25, 0.3) is 0 Å². The normalized spacial score (nSPS) is 23.4. The number of rotatable bonds is 4. The van der Waals surface area contributed by atoms with Crippen molar-refractivity contribution in [2.45, 2.75) is 25.9 Å². The van der Waals surface area contributed by atoms with Crippen molar-refractivity contribution < 1.29 is 19.5 Å². The van der Waals surface area contributed by atoms with Gasteiger partial charge in [-0.25, -0.2) is 4.79 Å². The summed E-state index contributed by atoms with van der Waals surface area (Å²) in [5.74, 6) is -1.90. The van der Waals surface area contributed by atoms with Crippen molar-refractivity contribution in [2.75, 3.05) is 33.2 Å². The Morgan fingerprint density at radius 1 is 1.20 bits per heavy atom. The maximum Gasteiger partial charge on any atom is 0.323 e. The van der Waals surface area contributed by atoms with Crippen molar-refractivity contribution in [1.29, 1.82) is 0 Å². The highest BCUT2D eigenvalue weighted by Gasteiger charge is 2.32. The number of hydrogen-bond acceptors (Lipinski definition) is 4. The van der Waals surface area contributed by atoms with Gasteiger partial charge in [-0.05, 0) is 20.9 Å². The predicted molar refractivity (Wildman–Crippen MR) is 72.1 cm³/mol. The van der Waals surface area contributed by atoms with Crippen LogP contribution in [-0.2, 0) is 9.59 Å². The van der Waals surface area contributed by atoms with E-state index in [0.29, 0.717) is 13.1 Å². The molecule has 2 atom stereocenters. The summed E-state index contributed by atoms with van der Waals surface area (Å²) in [6.07, 6.45) is 0. The third-order valence-corrected chi connectivity index (χ3v) is 3.57. The average molecular weight is 286 g/mol. The summed E-state index contributed by atoms with van der Waals surface area (Å²) >= 11 is 0. The molecule has 0 radical (unpaired) electrons. The van der Waals surface area contributed by atoms with Crippen molar-refractivity contribution >= 4 is 17.9 Å². The first-order valence-corrected chi connectivity index (χ1v) is 6.48. The fraction of sp³-hybridized carbons (Fsp3) is 0.750. The van der Waals surface area contributed by atoms with Crippen LogP contribution < -0.4 is 5.73 Å². The SMILES string of the molecule is CC1CN(C(=O)N(CC(N)=O)CC(=O)O)CC(C)N1C. The maximum absolute atomic E-state index is 12.3. The quantitative estimate of drug-likeness (QED) is 0.689. The molecule has 3 amide bonds. The van der Waals surface area contributed by atoms with Crippen molar-refractivity contribution in [3.63, 3.8) is 0 Å². The molecule has 2 unspecified atom stereocenters. The number of carbonyl (C=O) groups is 3. The topological polar surface area (TPSA) is 107 Å². The number of carbonyl (C=O) groups excluding carboxylic acids is 2. The number of nitrogens with zero attached hydrogens (tertiary/aromatic N) is 3. The monoisotopic (exact) mass is 286 g/mol. The third-order valence-electron chi connectivity index (χ3n) is 3.57. The lowest BCUT2D eigenvalue weighted by atomic mass is 10.1. The minimum Gasteiger partial charge on any atom is -0.480 e. The molecule has 1 aliphatic rings. The van der Waals surface area contributed by atoms with E-state index in [1.54, 1.807) is 4.90 Å². The molecular weight excluding hydrogens is 264 g/mol. The number of hydrogen-bond donors (Lipinski definition) is 2. The lowest BCUT2D eigenvalue weighted by Gasteiger charge is -2.43. The van der Waals surface area contributed by atoms with Crippen LogP contribution in [0, 0.1) is 0 Å². The number of piperazine rings is 1. The highest BCUT2D eigenvalue weighted by atomic mass is 16.4. The molecule has 0 aromatic heterocycles. The molecule has 8 nitrogen and oxygen atoms in total. The number of likely N-dealkylation sites (N-methyl/N-ethyl adjacent to an activating group) is 1. The van der Waals surface area contributed by atoms with Gasteiger partial charge in [0.25, 0.3) is 0 Å². The summed E-state index contributed by atoms with van der Waals surface area (Å²) in [4.78, 5) is 38.8. The standard InChI is InChI=1S/C12H22N4O4/c1-8-4-15(5-9(2)14(8)3)12(20)16(6-10(13)17)7-11(18)19/h8-9H,4-7H2,1-3H3,(H2,13,17)(H,18,19). The second-order valence-electron chi connectivity index (χ2n) is 5.27. The van der Waals surface area contributed by atoms with Gasteiger partial charge in [-0.3, -0.25) is 14.5 Å². The Hall–Kier alpha value is -1.83. The Kier molecular flexibility index (Phi) is 5.32. The van der Waals surface area contributed by atoms with Crippen molar-refractivity contribution in [3.8, 4) is 0 Å². The first kappa shape index (κ1) is 16.2. The molecule has 0 aliphatic carbocycles. The summed E-state index contributed by atoms with van der Waals surface area (Å²) in [7, 11) is 1.98. The summed E-state index contributed by atoms with van der Waals surface area (Å²) in [5.41, 5.74) is 5.06. The molecule has 0 spiro atoms. The molecule has 1 aliphatic heterocycles. The first-order chi connectivity index (χ1) is 9.22. The Labute approximate surface area is 118 Å². The lowest BCUT2D eigenvalue weighted by molar-refractivity contribution is -0.138. The van der Waals surface area contributed by atoms with E-state index in [2.05, 4.69) is 4.90 Å². The van der Waals surface area contributed by atoms with Crippen molar-refractivity contribution in [1.82, 2.24) is 14.7 Å². The largest absolute Gasteiger partial charge is 0.480 e. The van der Waals surface area contributed by atoms with Crippen LogP contribution in [0.3, 0.4) is 0 Å². The van der Waals surface area contributed by atoms with Gasteiger partial charge >= 0.3 is 12.0 Å². The fourth-order valence-electron chi connectivity index (χ4n) is 2.30. The smallest absolute Gasteiger partial charge is 0.323 e. The summed E-state index contributed by atoms with van der Waals surface area (Å²) in [6.45, 7) is 4.05. The van der Waals surface area contributed by atoms with E-state index in [1.807, 2.05) is 20.9 Å². The molecule has 0 saturated carbocycles. The number of primary amides is 1. The number of carboxylic acids is 1. The van der Waals surface area contributed by atoms with E-state index in [1.165, 1.54) is 0 Å². The second kappa shape index (κ2) is 6.56. The third kappa shape index (κ3) is 4.09. The van der Waals surface area contributed by atoms with Crippen LogP contribution in [0.2, 0.25) is 0 Å². The van der Waals surface area contributed by atoms with Gasteiger partial charge in [0.1, 0.15) is 13.1 Å². The van der Waals surface area contributed by atoms with E-state index >= 15 is 0 Å². The molecular formula is C12H22N4O4. The highest BCUT2D eigenvalue weighted by molar-refractivity contribution is 5.86. The van der Waals surface area contributed by atoms with Crippen molar-refractivity contribution in [2.24, 2.45) is 5.73 Å². The Balaban J connectivity index is 2.78. The van der Waals surface area contributed by atoms with Gasteiger partial charge in [0, 0.05) is 25.2 Å². The van der Waals surface area contributed by atoms with Gasteiger partial charge in [-0.15, -0.1) is 0 Å². The van der Waals surface area contributed by atoms with Crippen LogP contribution in [0.15, 0.2) is 0 Å². The molecule has 114 valence electrons. The van der Waals surface area contributed by atoms with Crippen molar-refractivity contribution in [3.05, 3.63) is 0 Å². The van der Waals surface area contributed by atoms with E-state index in [-0.39, 0.29) is 18.6 Å². The number of urea groups is 1. The average Bonchev–Trinajstić information content (AvgIpc) is 2.32. The molecule has 0 aromatic rings. The molecule has 0 bridgehead atoms. The van der Waals surface area contributed by atoms with Crippen LogP contribution in [-0.4, -0.2) is 83.0 Å². The van der Waals surface area contributed by atoms with E-state index in [9.17, 15) is 14.4 Å².